The van der Waals surface area contributed by atoms with E-state index in [-0.39, 0.29) is 6.61 Å². The summed E-state index contributed by atoms with van der Waals surface area (Å²) in [6.07, 6.45) is 6.10. The van der Waals surface area contributed by atoms with Crippen LogP contribution in [0.15, 0.2) is 30.6 Å². The Hall–Kier alpha value is -1.85. The van der Waals surface area contributed by atoms with Crippen molar-refractivity contribution < 1.29 is 9.84 Å². The number of aliphatic hydroxyl groups is 1. The first kappa shape index (κ1) is 15.7. The Kier molecular flexibility index (Phi) is 4.29. The van der Waals surface area contributed by atoms with Crippen molar-refractivity contribution >= 4 is 0 Å². The molecule has 2 aliphatic heterocycles. The highest BCUT2D eigenvalue weighted by atomic mass is 16.5. The molecule has 0 aliphatic carbocycles. The number of nitrogens with zero attached hydrogens (tertiary/aromatic N) is 3. The van der Waals surface area contributed by atoms with Gasteiger partial charge in [0.25, 0.3) is 0 Å². The van der Waals surface area contributed by atoms with Crippen LogP contribution in [0.2, 0.25) is 0 Å². The van der Waals surface area contributed by atoms with Crippen LogP contribution in [0.5, 0.6) is 5.75 Å². The molecule has 128 valence electrons. The Balaban J connectivity index is 1.39. The average molecular weight is 327 g/mol. The van der Waals surface area contributed by atoms with Crippen LogP contribution in [0, 0.1) is 5.92 Å². The molecule has 1 fully saturated rings. The van der Waals surface area contributed by atoms with Crippen molar-refractivity contribution in [2.24, 2.45) is 13.0 Å². The Bertz CT molecular complexity index is 712. The second-order valence-corrected chi connectivity index (χ2v) is 7.05. The molecule has 0 radical (unpaired) electrons. The molecule has 1 aromatic heterocycles. The highest BCUT2D eigenvalue weighted by Gasteiger charge is 2.33. The second-order valence-electron chi connectivity index (χ2n) is 7.05. The van der Waals surface area contributed by atoms with E-state index in [0.717, 1.165) is 44.8 Å². The highest BCUT2D eigenvalue weighted by Crippen LogP contribution is 2.32. The number of rotatable bonds is 5. The van der Waals surface area contributed by atoms with Crippen LogP contribution in [0.3, 0.4) is 0 Å². The third kappa shape index (κ3) is 3.06. The number of ether oxygens (including phenoxy) is 1. The average Bonchev–Trinajstić information content (AvgIpc) is 3.31. The topological polar surface area (TPSA) is 50.5 Å². The number of aromatic nitrogens is 2. The summed E-state index contributed by atoms with van der Waals surface area (Å²) in [6.45, 7) is 4.06. The molecule has 1 aromatic carbocycles. The van der Waals surface area contributed by atoms with E-state index < -0.39 is 0 Å². The van der Waals surface area contributed by atoms with E-state index in [2.05, 4.69) is 34.4 Å². The highest BCUT2D eigenvalue weighted by molar-refractivity contribution is 5.39. The molecule has 2 aromatic rings. The summed E-state index contributed by atoms with van der Waals surface area (Å²) in [4.78, 5) is 2.47. The first-order chi connectivity index (χ1) is 11.7. The minimum absolute atomic E-state index is 0.242. The monoisotopic (exact) mass is 327 g/mol. The van der Waals surface area contributed by atoms with Gasteiger partial charge in [0.2, 0.25) is 0 Å². The molecule has 2 aliphatic rings. The molecule has 3 heterocycles. The number of likely N-dealkylation sites (tertiary alicyclic amines) is 1. The van der Waals surface area contributed by atoms with Crippen molar-refractivity contribution in [1.82, 2.24) is 14.7 Å². The van der Waals surface area contributed by atoms with E-state index in [1.165, 1.54) is 16.7 Å². The number of aryl methyl sites for hydroxylation is 1. The van der Waals surface area contributed by atoms with Crippen LogP contribution < -0.4 is 4.74 Å². The summed E-state index contributed by atoms with van der Waals surface area (Å²) in [5.41, 5.74) is 3.97. The van der Waals surface area contributed by atoms with Crippen molar-refractivity contribution in [3.8, 4) is 5.75 Å². The van der Waals surface area contributed by atoms with Gasteiger partial charge in [-0.05, 0) is 29.2 Å². The maximum atomic E-state index is 9.75. The molecule has 0 saturated carbocycles. The van der Waals surface area contributed by atoms with Crippen molar-refractivity contribution in [2.45, 2.75) is 18.8 Å². The van der Waals surface area contributed by atoms with Crippen molar-refractivity contribution in [1.29, 1.82) is 0 Å². The summed E-state index contributed by atoms with van der Waals surface area (Å²) >= 11 is 0. The number of hydrogen-bond acceptors (Lipinski definition) is 4. The van der Waals surface area contributed by atoms with Gasteiger partial charge in [-0.3, -0.25) is 4.68 Å². The lowest BCUT2D eigenvalue weighted by molar-refractivity contribution is 0.215. The van der Waals surface area contributed by atoms with Crippen molar-refractivity contribution in [3.63, 3.8) is 0 Å². The van der Waals surface area contributed by atoms with Crippen LogP contribution in [-0.2, 0) is 19.9 Å². The predicted octanol–water partition coefficient (Wildman–Crippen LogP) is 1.61. The molecule has 1 saturated heterocycles. The fourth-order valence-electron chi connectivity index (χ4n) is 4.02. The summed E-state index contributed by atoms with van der Waals surface area (Å²) in [5.74, 6) is 1.75. The van der Waals surface area contributed by atoms with Gasteiger partial charge in [0.15, 0.2) is 0 Å². The maximum absolute atomic E-state index is 9.75. The first-order valence-electron chi connectivity index (χ1n) is 8.79. The molecule has 1 N–H and O–H groups in total. The van der Waals surface area contributed by atoms with Gasteiger partial charge >= 0.3 is 0 Å². The summed E-state index contributed by atoms with van der Waals surface area (Å²) < 4.78 is 7.43. The molecule has 0 unspecified atom stereocenters. The Labute approximate surface area is 142 Å². The smallest absolute Gasteiger partial charge is 0.122 e. The van der Waals surface area contributed by atoms with Crippen LogP contribution in [-0.4, -0.2) is 52.6 Å². The molecular weight excluding hydrogens is 302 g/mol. The van der Waals surface area contributed by atoms with Crippen molar-refractivity contribution in [3.05, 3.63) is 47.3 Å². The molecule has 0 spiro atoms. The predicted molar refractivity (Wildman–Crippen MR) is 92.3 cm³/mol. The van der Waals surface area contributed by atoms with E-state index in [1.54, 1.807) is 0 Å². The van der Waals surface area contributed by atoms with E-state index in [0.29, 0.717) is 11.8 Å². The molecule has 2 atom stereocenters. The Morgan fingerprint density at radius 2 is 2.25 bits per heavy atom. The lowest BCUT2D eigenvalue weighted by atomic mass is 9.92. The number of aliphatic hydroxyl groups excluding tert-OH is 1. The quantitative estimate of drug-likeness (QED) is 0.906. The fourth-order valence-corrected chi connectivity index (χ4v) is 4.02. The molecule has 0 amide bonds. The minimum atomic E-state index is 0.242. The largest absolute Gasteiger partial charge is 0.493 e. The first-order valence-corrected chi connectivity index (χ1v) is 8.79. The number of fused-ring (bicyclic) bond motifs is 1. The van der Waals surface area contributed by atoms with Gasteiger partial charge < -0.3 is 14.7 Å². The third-order valence-corrected chi connectivity index (χ3v) is 5.37. The number of benzene rings is 1. The lowest BCUT2D eigenvalue weighted by Gasteiger charge is -2.15. The van der Waals surface area contributed by atoms with Crippen LogP contribution in [0.4, 0.5) is 0 Å². The minimum Gasteiger partial charge on any atom is -0.493 e. The zero-order valence-electron chi connectivity index (χ0n) is 14.2. The summed E-state index contributed by atoms with van der Waals surface area (Å²) in [5, 5.41) is 14.0. The molecule has 0 bridgehead atoms. The van der Waals surface area contributed by atoms with E-state index >= 15 is 0 Å². The van der Waals surface area contributed by atoms with Crippen LogP contribution in [0.25, 0.3) is 0 Å². The zero-order chi connectivity index (χ0) is 16.5. The van der Waals surface area contributed by atoms with Gasteiger partial charge in [0.05, 0.1) is 12.8 Å². The van der Waals surface area contributed by atoms with E-state index in [9.17, 15) is 5.11 Å². The molecule has 4 rings (SSSR count). The van der Waals surface area contributed by atoms with Crippen molar-refractivity contribution in [2.75, 3.05) is 32.8 Å². The zero-order valence-corrected chi connectivity index (χ0v) is 14.2. The van der Waals surface area contributed by atoms with Gasteiger partial charge in [-0.1, -0.05) is 12.1 Å². The number of hydrogen-bond donors (Lipinski definition) is 1. The van der Waals surface area contributed by atoms with Gasteiger partial charge in [0, 0.05) is 57.7 Å². The molecule has 24 heavy (non-hydrogen) atoms. The standard InChI is InChI=1S/C19H25N3O2/c1-21-10-16(9-20-21)18-12-22(11-17(18)13-23)6-4-14-2-3-19-15(8-14)5-7-24-19/h2-3,8-10,17-18,23H,4-7,11-13H2,1H3/t17-,18-/m0/s1. The second kappa shape index (κ2) is 6.57. The molecule has 5 heteroatoms. The van der Waals surface area contributed by atoms with Gasteiger partial charge in [0.1, 0.15) is 5.75 Å². The van der Waals surface area contributed by atoms with E-state index in [1.807, 2.05) is 17.9 Å². The Morgan fingerprint density at radius 1 is 1.33 bits per heavy atom. The molecule has 5 nitrogen and oxygen atoms in total. The lowest BCUT2D eigenvalue weighted by Crippen LogP contribution is -2.24. The van der Waals surface area contributed by atoms with Gasteiger partial charge in [-0.15, -0.1) is 0 Å². The maximum Gasteiger partial charge on any atom is 0.122 e. The Morgan fingerprint density at radius 3 is 3.04 bits per heavy atom. The van der Waals surface area contributed by atoms with E-state index in [4.69, 9.17) is 4.74 Å². The third-order valence-electron chi connectivity index (χ3n) is 5.37. The van der Waals surface area contributed by atoms with Crippen LogP contribution >= 0.6 is 0 Å². The summed E-state index contributed by atoms with van der Waals surface area (Å²) in [6, 6.07) is 6.58. The molecular formula is C19H25N3O2. The fraction of sp³-hybridized carbons (Fsp3) is 0.526. The normalized spacial score (nSPS) is 23.4. The van der Waals surface area contributed by atoms with Gasteiger partial charge in [-0.25, -0.2) is 0 Å². The van der Waals surface area contributed by atoms with Gasteiger partial charge in [-0.2, -0.15) is 5.10 Å². The van der Waals surface area contributed by atoms with Crippen LogP contribution in [0.1, 0.15) is 22.6 Å². The summed E-state index contributed by atoms with van der Waals surface area (Å²) in [7, 11) is 1.95. The SMILES string of the molecule is Cn1cc([C@@H]2CN(CCc3ccc4c(c3)CCO4)C[C@H]2CO)cn1.